The van der Waals surface area contributed by atoms with Gasteiger partial charge in [-0.05, 0) is 32.1 Å². The number of esters is 1. The molecular weight excluding hydrogens is 202 g/mol. The van der Waals surface area contributed by atoms with Crippen molar-refractivity contribution in [2.24, 2.45) is 5.73 Å². The molecule has 1 aliphatic carbocycles. The van der Waals surface area contributed by atoms with Crippen molar-refractivity contribution in [2.45, 2.75) is 70.3 Å². The first-order valence-electron chi connectivity index (χ1n) is 6.64. The maximum absolute atomic E-state index is 11.7. The van der Waals surface area contributed by atoms with Gasteiger partial charge < -0.3 is 10.5 Å². The van der Waals surface area contributed by atoms with E-state index in [0.29, 0.717) is 13.0 Å². The van der Waals surface area contributed by atoms with Crippen LogP contribution in [0, 0.1) is 0 Å². The minimum Gasteiger partial charge on any atom is -0.458 e. The second-order valence-electron chi connectivity index (χ2n) is 4.88. The summed E-state index contributed by atoms with van der Waals surface area (Å²) < 4.78 is 5.61. The number of nitrogens with two attached hydrogens (primary N) is 1. The zero-order chi connectivity index (χ0) is 11.9. The lowest BCUT2D eigenvalue weighted by Crippen LogP contribution is -2.44. The first-order valence-corrected chi connectivity index (χ1v) is 6.64. The van der Waals surface area contributed by atoms with Gasteiger partial charge >= 0.3 is 5.97 Å². The third-order valence-electron chi connectivity index (χ3n) is 3.45. The highest BCUT2D eigenvalue weighted by Gasteiger charge is 2.34. The van der Waals surface area contributed by atoms with Crippen LogP contribution in [0.2, 0.25) is 0 Å². The summed E-state index contributed by atoms with van der Waals surface area (Å²) in [6, 6.07) is 0. The van der Waals surface area contributed by atoms with Crippen LogP contribution < -0.4 is 5.73 Å². The zero-order valence-electron chi connectivity index (χ0n) is 10.5. The fourth-order valence-corrected chi connectivity index (χ4v) is 2.36. The first-order chi connectivity index (χ1) is 7.72. The van der Waals surface area contributed by atoms with Crippen molar-refractivity contribution in [2.75, 3.05) is 6.54 Å². The van der Waals surface area contributed by atoms with Gasteiger partial charge in [0.15, 0.2) is 0 Å². The summed E-state index contributed by atoms with van der Waals surface area (Å²) in [6.45, 7) is 2.61. The van der Waals surface area contributed by atoms with Crippen LogP contribution in [0.3, 0.4) is 0 Å². The summed E-state index contributed by atoms with van der Waals surface area (Å²) in [6.07, 6.45) is 9.14. The average Bonchev–Trinajstić information content (AvgIpc) is 2.30. The van der Waals surface area contributed by atoms with E-state index in [9.17, 15) is 4.79 Å². The van der Waals surface area contributed by atoms with Gasteiger partial charge in [-0.1, -0.05) is 26.2 Å². The average molecular weight is 227 g/mol. The summed E-state index contributed by atoms with van der Waals surface area (Å²) in [5, 5.41) is 0. The smallest absolute Gasteiger partial charge is 0.306 e. The Bertz CT molecular complexity index is 210. The van der Waals surface area contributed by atoms with E-state index >= 15 is 0 Å². The van der Waals surface area contributed by atoms with Crippen LogP contribution in [-0.2, 0) is 9.53 Å². The standard InChI is InChI=1S/C13H25NO2/c1-2-3-5-8-12(15)16-13(11-14)9-6-4-7-10-13/h2-11,14H2,1H3. The summed E-state index contributed by atoms with van der Waals surface area (Å²) in [4.78, 5) is 11.7. The number of hydrogen-bond acceptors (Lipinski definition) is 3. The fraction of sp³-hybridized carbons (Fsp3) is 0.923. The molecular formula is C13H25NO2. The molecule has 0 saturated heterocycles. The molecule has 0 aromatic heterocycles. The van der Waals surface area contributed by atoms with Crippen LogP contribution in [0.1, 0.15) is 64.7 Å². The molecule has 3 heteroatoms. The minimum atomic E-state index is -0.332. The predicted octanol–water partition coefficient (Wildman–Crippen LogP) is 2.77. The van der Waals surface area contributed by atoms with Gasteiger partial charge in [0, 0.05) is 13.0 Å². The van der Waals surface area contributed by atoms with Crippen molar-refractivity contribution in [1.29, 1.82) is 0 Å². The Balaban J connectivity index is 2.33. The third kappa shape index (κ3) is 4.12. The molecule has 0 bridgehead atoms. The monoisotopic (exact) mass is 227 g/mol. The van der Waals surface area contributed by atoms with Crippen molar-refractivity contribution in [3.63, 3.8) is 0 Å². The molecule has 0 aliphatic heterocycles. The van der Waals surface area contributed by atoms with Crippen LogP contribution in [0.15, 0.2) is 0 Å². The molecule has 2 N–H and O–H groups in total. The van der Waals surface area contributed by atoms with E-state index < -0.39 is 0 Å². The van der Waals surface area contributed by atoms with Gasteiger partial charge in [-0.2, -0.15) is 0 Å². The largest absolute Gasteiger partial charge is 0.458 e. The number of ether oxygens (including phenoxy) is 1. The van der Waals surface area contributed by atoms with E-state index in [0.717, 1.165) is 44.9 Å². The summed E-state index contributed by atoms with van der Waals surface area (Å²) in [7, 11) is 0. The van der Waals surface area contributed by atoms with Gasteiger partial charge in [-0.25, -0.2) is 0 Å². The van der Waals surface area contributed by atoms with E-state index in [-0.39, 0.29) is 11.6 Å². The third-order valence-corrected chi connectivity index (χ3v) is 3.45. The second-order valence-corrected chi connectivity index (χ2v) is 4.88. The van der Waals surface area contributed by atoms with Crippen molar-refractivity contribution in [1.82, 2.24) is 0 Å². The molecule has 0 unspecified atom stereocenters. The summed E-state index contributed by atoms with van der Waals surface area (Å²) >= 11 is 0. The molecule has 3 nitrogen and oxygen atoms in total. The Labute approximate surface area is 98.7 Å². The number of hydrogen-bond donors (Lipinski definition) is 1. The summed E-state index contributed by atoms with van der Waals surface area (Å²) in [5.74, 6) is -0.0548. The van der Waals surface area contributed by atoms with Crippen LogP contribution in [0.25, 0.3) is 0 Å². The quantitative estimate of drug-likeness (QED) is 0.560. The molecule has 0 aromatic carbocycles. The molecule has 0 aromatic rings. The Morgan fingerprint density at radius 2 is 1.94 bits per heavy atom. The van der Waals surface area contributed by atoms with Gasteiger partial charge in [0.2, 0.25) is 0 Å². The Hall–Kier alpha value is -0.570. The van der Waals surface area contributed by atoms with E-state index in [2.05, 4.69) is 6.92 Å². The lowest BCUT2D eigenvalue weighted by atomic mass is 9.84. The fourth-order valence-electron chi connectivity index (χ4n) is 2.36. The molecule has 1 aliphatic rings. The lowest BCUT2D eigenvalue weighted by molar-refractivity contribution is -0.162. The topological polar surface area (TPSA) is 52.3 Å². The summed E-state index contributed by atoms with van der Waals surface area (Å²) in [5.41, 5.74) is 5.43. The van der Waals surface area contributed by atoms with E-state index in [4.69, 9.17) is 10.5 Å². The second kappa shape index (κ2) is 6.89. The van der Waals surface area contributed by atoms with Gasteiger partial charge in [0.25, 0.3) is 0 Å². The van der Waals surface area contributed by atoms with Crippen LogP contribution in [0.4, 0.5) is 0 Å². The lowest BCUT2D eigenvalue weighted by Gasteiger charge is -2.35. The van der Waals surface area contributed by atoms with Gasteiger partial charge in [0.1, 0.15) is 5.60 Å². The first kappa shape index (κ1) is 13.5. The molecule has 94 valence electrons. The molecule has 0 radical (unpaired) electrons. The number of carbonyl (C=O) groups excluding carboxylic acids is 1. The molecule has 0 spiro atoms. The molecule has 0 amide bonds. The molecule has 1 saturated carbocycles. The van der Waals surface area contributed by atoms with Crippen molar-refractivity contribution in [3.8, 4) is 0 Å². The number of carbonyl (C=O) groups is 1. The van der Waals surface area contributed by atoms with Crippen molar-refractivity contribution >= 4 is 5.97 Å². The Kier molecular flexibility index (Phi) is 5.81. The van der Waals surface area contributed by atoms with Crippen LogP contribution in [-0.4, -0.2) is 18.1 Å². The van der Waals surface area contributed by atoms with Crippen LogP contribution >= 0.6 is 0 Å². The van der Waals surface area contributed by atoms with E-state index in [1.165, 1.54) is 6.42 Å². The maximum atomic E-state index is 11.7. The molecule has 16 heavy (non-hydrogen) atoms. The van der Waals surface area contributed by atoms with Crippen LogP contribution in [0.5, 0.6) is 0 Å². The SMILES string of the molecule is CCCCCC(=O)OC1(CN)CCCCC1. The number of rotatable bonds is 6. The normalized spacial score (nSPS) is 19.4. The zero-order valence-corrected chi connectivity index (χ0v) is 10.5. The van der Waals surface area contributed by atoms with Gasteiger partial charge in [-0.15, -0.1) is 0 Å². The Morgan fingerprint density at radius 3 is 2.50 bits per heavy atom. The highest BCUT2D eigenvalue weighted by molar-refractivity contribution is 5.69. The highest BCUT2D eigenvalue weighted by Crippen LogP contribution is 2.31. The Morgan fingerprint density at radius 1 is 1.25 bits per heavy atom. The van der Waals surface area contributed by atoms with Gasteiger partial charge in [0.05, 0.1) is 0 Å². The molecule has 0 heterocycles. The van der Waals surface area contributed by atoms with E-state index in [1.807, 2.05) is 0 Å². The predicted molar refractivity (Wildman–Crippen MR) is 65.1 cm³/mol. The molecule has 0 atom stereocenters. The van der Waals surface area contributed by atoms with Crippen molar-refractivity contribution < 1.29 is 9.53 Å². The van der Waals surface area contributed by atoms with Crippen molar-refractivity contribution in [3.05, 3.63) is 0 Å². The minimum absolute atomic E-state index is 0.0548. The highest BCUT2D eigenvalue weighted by atomic mass is 16.6. The van der Waals surface area contributed by atoms with Gasteiger partial charge in [-0.3, -0.25) is 4.79 Å². The van der Waals surface area contributed by atoms with E-state index in [1.54, 1.807) is 0 Å². The molecule has 1 rings (SSSR count). The number of unbranched alkanes of at least 4 members (excludes halogenated alkanes) is 2. The molecule has 1 fully saturated rings. The maximum Gasteiger partial charge on any atom is 0.306 e.